The smallest absolute Gasteiger partial charge is 0.323 e. The topological polar surface area (TPSA) is 111 Å². The van der Waals surface area contributed by atoms with Gasteiger partial charge in [0.15, 0.2) is 0 Å². The normalized spacial score (nSPS) is 17.8. The molecule has 1 aromatic rings. The Bertz CT molecular complexity index is 622. The largest absolute Gasteiger partial charge is 0.374 e. The number of amides is 2. The van der Waals surface area contributed by atoms with Crippen molar-refractivity contribution in [3.8, 4) is 0 Å². The monoisotopic (exact) mass is 407 g/mol. The number of aldehydes is 2. The van der Waals surface area contributed by atoms with E-state index in [0.717, 1.165) is 18.3 Å². The van der Waals surface area contributed by atoms with Gasteiger partial charge in [-0.05, 0) is 39.3 Å². The van der Waals surface area contributed by atoms with Gasteiger partial charge in [-0.2, -0.15) is 0 Å². The molecular weight excluding hydrogens is 374 g/mol. The van der Waals surface area contributed by atoms with Crippen molar-refractivity contribution in [3.05, 3.63) is 47.7 Å². The van der Waals surface area contributed by atoms with Gasteiger partial charge in [-0.15, -0.1) is 0 Å². The van der Waals surface area contributed by atoms with E-state index in [1.807, 2.05) is 30.3 Å². The number of benzene rings is 1. The molecule has 1 aliphatic rings. The van der Waals surface area contributed by atoms with Crippen molar-refractivity contribution in [1.29, 1.82) is 0 Å². The van der Waals surface area contributed by atoms with Crippen LogP contribution in [0, 0.1) is 0 Å². The maximum absolute atomic E-state index is 12.0. The first-order chi connectivity index (χ1) is 14.0. The van der Waals surface area contributed by atoms with Crippen LogP contribution >= 0.6 is 0 Å². The van der Waals surface area contributed by atoms with Crippen LogP contribution in [0.3, 0.4) is 0 Å². The Hall–Kier alpha value is -2.55. The standard InChI is InChI=1S/C18H24N2O4.C2H4O.CH5N/c1-14(11-21)10-20(18(22)19-2)17-9-8-16(24-17)13-23-12-15-6-4-3-5-7-15;1-2-3;1-2/h3-7,10-11,16-17H,8-9,12-13H2,1-2H3,(H,19,22);2H,1H3;2H2,1H3/b14-10-;;. The van der Waals surface area contributed by atoms with E-state index < -0.39 is 0 Å². The number of urea groups is 1. The summed E-state index contributed by atoms with van der Waals surface area (Å²) in [6, 6.07) is 9.65. The first kappa shape index (κ1) is 26.4. The van der Waals surface area contributed by atoms with Crippen molar-refractivity contribution in [3.63, 3.8) is 0 Å². The molecule has 0 saturated carbocycles. The van der Waals surface area contributed by atoms with Crippen LogP contribution in [0.2, 0.25) is 0 Å². The van der Waals surface area contributed by atoms with Crippen LogP contribution in [0.5, 0.6) is 0 Å². The summed E-state index contributed by atoms with van der Waals surface area (Å²) >= 11 is 0. The Labute approximate surface area is 173 Å². The molecule has 29 heavy (non-hydrogen) atoms. The van der Waals surface area contributed by atoms with Crippen molar-refractivity contribution < 1.29 is 23.9 Å². The second-order valence-corrected chi connectivity index (χ2v) is 5.98. The SMILES string of the molecule is CC=O.CN.CNC(=O)N(/C=C(/C)C=O)C1CCC(COCc2ccccc2)O1. The van der Waals surface area contributed by atoms with Crippen molar-refractivity contribution in [2.24, 2.45) is 5.73 Å². The highest BCUT2D eigenvalue weighted by Crippen LogP contribution is 2.24. The number of ether oxygens (including phenoxy) is 2. The van der Waals surface area contributed by atoms with Crippen LogP contribution in [0.25, 0.3) is 0 Å². The summed E-state index contributed by atoms with van der Waals surface area (Å²) in [5.74, 6) is 0. The van der Waals surface area contributed by atoms with E-state index in [2.05, 4.69) is 11.1 Å². The van der Waals surface area contributed by atoms with E-state index in [1.165, 1.54) is 25.1 Å². The van der Waals surface area contributed by atoms with Crippen molar-refractivity contribution >= 4 is 18.6 Å². The molecule has 0 radical (unpaired) electrons. The van der Waals surface area contributed by atoms with Gasteiger partial charge in [-0.3, -0.25) is 9.69 Å². The Balaban J connectivity index is 0.00000143. The molecule has 2 atom stereocenters. The summed E-state index contributed by atoms with van der Waals surface area (Å²) in [5, 5.41) is 2.57. The molecule has 0 aliphatic carbocycles. The zero-order valence-electron chi connectivity index (χ0n) is 17.7. The van der Waals surface area contributed by atoms with E-state index in [0.29, 0.717) is 31.5 Å². The summed E-state index contributed by atoms with van der Waals surface area (Å²) < 4.78 is 11.6. The van der Waals surface area contributed by atoms with Gasteiger partial charge >= 0.3 is 6.03 Å². The first-order valence-corrected chi connectivity index (χ1v) is 9.44. The quantitative estimate of drug-likeness (QED) is 0.530. The van der Waals surface area contributed by atoms with Crippen LogP contribution in [-0.2, 0) is 25.7 Å². The molecule has 8 nitrogen and oxygen atoms in total. The fourth-order valence-corrected chi connectivity index (χ4v) is 2.55. The molecule has 0 bridgehead atoms. The van der Waals surface area contributed by atoms with Gasteiger partial charge in [0, 0.05) is 18.8 Å². The van der Waals surface area contributed by atoms with Crippen LogP contribution in [0.15, 0.2) is 42.1 Å². The molecule has 1 aromatic carbocycles. The van der Waals surface area contributed by atoms with Gasteiger partial charge in [-0.25, -0.2) is 4.79 Å². The first-order valence-electron chi connectivity index (χ1n) is 9.44. The fourth-order valence-electron chi connectivity index (χ4n) is 2.55. The maximum atomic E-state index is 12.0. The fraction of sp³-hybridized carbons (Fsp3) is 0.476. The Morgan fingerprint density at radius 1 is 1.28 bits per heavy atom. The van der Waals surface area contributed by atoms with Gasteiger partial charge in [-0.1, -0.05) is 30.3 Å². The minimum Gasteiger partial charge on any atom is -0.374 e. The van der Waals surface area contributed by atoms with Crippen molar-refractivity contribution in [1.82, 2.24) is 10.2 Å². The molecule has 1 aliphatic heterocycles. The van der Waals surface area contributed by atoms with Gasteiger partial charge in [0.05, 0.1) is 19.3 Å². The molecule has 8 heteroatoms. The van der Waals surface area contributed by atoms with Crippen LogP contribution in [-0.4, -0.2) is 56.5 Å². The lowest BCUT2D eigenvalue weighted by Crippen LogP contribution is -2.42. The average molecular weight is 408 g/mol. The summed E-state index contributed by atoms with van der Waals surface area (Å²) in [6.07, 6.45) is 4.05. The lowest BCUT2D eigenvalue weighted by molar-refractivity contribution is -0.106. The average Bonchev–Trinajstić information content (AvgIpc) is 3.22. The number of hydrogen-bond acceptors (Lipinski definition) is 6. The van der Waals surface area contributed by atoms with E-state index in [-0.39, 0.29) is 18.4 Å². The third-order valence-electron chi connectivity index (χ3n) is 3.79. The van der Waals surface area contributed by atoms with E-state index in [4.69, 9.17) is 14.3 Å². The minimum absolute atomic E-state index is 0.0594. The Morgan fingerprint density at radius 3 is 2.45 bits per heavy atom. The molecule has 1 saturated heterocycles. The number of nitrogens with one attached hydrogen (secondary N) is 1. The van der Waals surface area contributed by atoms with E-state index >= 15 is 0 Å². The maximum Gasteiger partial charge on any atom is 0.323 e. The molecule has 1 fully saturated rings. The second kappa shape index (κ2) is 16.4. The molecule has 0 aromatic heterocycles. The van der Waals surface area contributed by atoms with Crippen molar-refractivity contribution in [2.45, 2.75) is 45.6 Å². The molecule has 2 amide bonds. The highest BCUT2D eigenvalue weighted by Gasteiger charge is 2.31. The molecule has 2 rings (SSSR count). The van der Waals surface area contributed by atoms with Gasteiger partial charge in [0.2, 0.25) is 0 Å². The molecule has 0 spiro atoms. The van der Waals surface area contributed by atoms with Gasteiger partial charge in [0.25, 0.3) is 0 Å². The third-order valence-corrected chi connectivity index (χ3v) is 3.79. The van der Waals surface area contributed by atoms with E-state index in [1.54, 1.807) is 14.0 Å². The lowest BCUT2D eigenvalue weighted by atomic mass is 10.2. The highest BCUT2D eigenvalue weighted by atomic mass is 16.6. The molecule has 3 N–H and O–H groups in total. The zero-order valence-corrected chi connectivity index (χ0v) is 17.7. The predicted molar refractivity (Wildman–Crippen MR) is 112 cm³/mol. The Morgan fingerprint density at radius 2 is 1.90 bits per heavy atom. The number of carbonyl (C=O) groups excluding carboxylic acids is 3. The second-order valence-electron chi connectivity index (χ2n) is 5.98. The van der Waals surface area contributed by atoms with Crippen LogP contribution < -0.4 is 11.1 Å². The third kappa shape index (κ3) is 10.5. The number of nitrogens with two attached hydrogens (primary N) is 1. The van der Waals surface area contributed by atoms with Crippen molar-refractivity contribution in [2.75, 3.05) is 20.7 Å². The van der Waals surface area contributed by atoms with E-state index in [9.17, 15) is 9.59 Å². The lowest BCUT2D eigenvalue weighted by Gasteiger charge is -2.25. The number of allylic oxidation sites excluding steroid dienone is 1. The molecule has 1 heterocycles. The number of hydrogen-bond donors (Lipinski definition) is 2. The summed E-state index contributed by atoms with van der Waals surface area (Å²) in [7, 11) is 3.05. The zero-order chi connectivity index (χ0) is 22.1. The minimum atomic E-state index is -0.384. The number of rotatable bonds is 7. The summed E-state index contributed by atoms with van der Waals surface area (Å²) in [5.41, 5.74) is 6.08. The molecule has 2 unspecified atom stereocenters. The predicted octanol–water partition coefficient (Wildman–Crippen LogP) is 2.23. The van der Waals surface area contributed by atoms with Gasteiger partial charge in [0.1, 0.15) is 18.8 Å². The highest BCUT2D eigenvalue weighted by molar-refractivity contribution is 5.78. The van der Waals surface area contributed by atoms with Crippen LogP contribution in [0.4, 0.5) is 4.79 Å². The Kier molecular flexibility index (Phi) is 15.0. The number of carbonyl (C=O) groups is 3. The van der Waals surface area contributed by atoms with Crippen LogP contribution in [0.1, 0.15) is 32.3 Å². The molecule has 162 valence electrons. The summed E-state index contributed by atoms with van der Waals surface area (Å²) in [4.78, 5) is 33.1. The number of nitrogens with zero attached hydrogens (tertiary/aromatic N) is 1. The molecular formula is C21H33N3O5. The summed E-state index contributed by atoms with van der Waals surface area (Å²) in [6.45, 7) is 4.11. The van der Waals surface area contributed by atoms with Gasteiger partial charge < -0.3 is 25.3 Å².